The molecule has 1 aliphatic heterocycles. The number of hydrogen-bond donors (Lipinski definition) is 0. The lowest BCUT2D eigenvalue weighted by Crippen LogP contribution is -2.31. The van der Waals surface area contributed by atoms with Crippen LogP contribution >= 0.6 is 0 Å². The summed E-state index contributed by atoms with van der Waals surface area (Å²) in [5.41, 5.74) is 6.10. The number of allylic oxidation sites excluding steroid dienone is 2. The van der Waals surface area contributed by atoms with Crippen LogP contribution in [0.1, 0.15) is 37.5 Å². The van der Waals surface area contributed by atoms with E-state index < -0.39 is 5.97 Å². The lowest BCUT2D eigenvalue weighted by Gasteiger charge is -2.41. The average molecular weight is 438 g/mol. The molecule has 1 aromatic heterocycles. The van der Waals surface area contributed by atoms with E-state index in [1.54, 1.807) is 25.3 Å². The second kappa shape index (κ2) is 8.87. The van der Waals surface area contributed by atoms with E-state index in [0.29, 0.717) is 5.70 Å². The van der Waals surface area contributed by atoms with Crippen molar-refractivity contribution in [3.8, 4) is 0 Å². The smallest absolute Gasteiger partial charge is 0.352 e. The summed E-state index contributed by atoms with van der Waals surface area (Å²) < 4.78 is 4.82. The van der Waals surface area contributed by atoms with Crippen molar-refractivity contribution in [1.29, 1.82) is 0 Å². The maximum absolute atomic E-state index is 12.0. The third kappa shape index (κ3) is 3.98. The van der Waals surface area contributed by atoms with Crippen molar-refractivity contribution < 1.29 is 9.53 Å². The van der Waals surface area contributed by atoms with Gasteiger partial charge in [-0.05, 0) is 48.4 Å². The van der Waals surface area contributed by atoms with E-state index in [1.165, 1.54) is 18.2 Å². The van der Waals surface area contributed by atoms with Crippen molar-refractivity contribution in [3.05, 3.63) is 102 Å². The fourth-order valence-corrected chi connectivity index (χ4v) is 4.29. The summed E-state index contributed by atoms with van der Waals surface area (Å²) in [6.07, 6.45) is 5.26. The van der Waals surface area contributed by atoms with E-state index in [2.05, 4.69) is 65.6 Å². The quantitative estimate of drug-likeness (QED) is 0.265. The average Bonchev–Trinajstić information content (AvgIpc) is 2.83. The number of nitrogens with zero attached hydrogens (tertiary/aromatic N) is 3. The number of anilines is 3. The third-order valence-corrected chi connectivity index (χ3v) is 5.95. The Labute approximate surface area is 194 Å². The van der Waals surface area contributed by atoms with E-state index in [0.717, 1.165) is 22.8 Å². The number of aromatic nitrogens is 1. The summed E-state index contributed by atoms with van der Waals surface area (Å²) in [7, 11) is 1.35. The SMILES string of the molecule is C=C/C=C(\N=C(/C)C(=O)OC)c1ccc2c(c1)N(c1ccccn1)c1ccccc1C2(C)C. The highest BCUT2D eigenvalue weighted by atomic mass is 16.5. The molecule has 0 bridgehead atoms. The van der Waals surface area contributed by atoms with Crippen molar-refractivity contribution >= 4 is 34.6 Å². The third-order valence-electron chi connectivity index (χ3n) is 5.95. The van der Waals surface area contributed by atoms with Crippen LogP contribution in [0, 0.1) is 0 Å². The second-order valence-corrected chi connectivity index (χ2v) is 8.37. The summed E-state index contributed by atoms with van der Waals surface area (Å²) in [6.45, 7) is 9.93. The summed E-state index contributed by atoms with van der Waals surface area (Å²) >= 11 is 0. The molecular weight excluding hydrogens is 410 g/mol. The Kier molecular flexibility index (Phi) is 5.97. The van der Waals surface area contributed by atoms with Crippen molar-refractivity contribution in [1.82, 2.24) is 4.98 Å². The molecular formula is C28H27N3O2. The van der Waals surface area contributed by atoms with E-state index >= 15 is 0 Å². The topological polar surface area (TPSA) is 54.8 Å². The van der Waals surface area contributed by atoms with Gasteiger partial charge in [-0.3, -0.25) is 4.90 Å². The van der Waals surface area contributed by atoms with Crippen LogP contribution in [-0.2, 0) is 14.9 Å². The molecule has 5 nitrogen and oxygen atoms in total. The molecule has 0 saturated heterocycles. The Morgan fingerprint density at radius 3 is 2.48 bits per heavy atom. The van der Waals surface area contributed by atoms with Crippen LogP contribution < -0.4 is 4.90 Å². The number of para-hydroxylation sites is 1. The Morgan fingerprint density at radius 2 is 1.79 bits per heavy atom. The predicted octanol–water partition coefficient (Wildman–Crippen LogP) is 6.35. The van der Waals surface area contributed by atoms with Crippen LogP contribution in [0.4, 0.5) is 17.2 Å². The standard InChI is InChI=1S/C28H27N3O2/c1-6-11-23(30-19(2)27(32)33-5)20-15-16-22-25(18-20)31(26-14-9-10-17-29-26)24-13-8-7-12-21(24)28(22,3)4/h6-18H,1H2,2-5H3/b23-11-,30-19+. The molecule has 0 N–H and O–H groups in total. The van der Waals surface area contributed by atoms with Crippen molar-refractivity contribution in [3.63, 3.8) is 0 Å². The Bertz CT molecular complexity index is 1270. The molecule has 0 radical (unpaired) electrons. The summed E-state index contributed by atoms with van der Waals surface area (Å²) in [5.74, 6) is 0.371. The van der Waals surface area contributed by atoms with Gasteiger partial charge in [-0.1, -0.05) is 62.9 Å². The molecule has 0 spiro atoms. The van der Waals surface area contributed by atoms with Crippen LogP contribution in [0.5, 0.6) is 0 Å². The Morgan fingerprint density at radius 1 is 1.06 bits per heavy atom. The number of benzene rings is 2. The first kappa shape index (κ1) is 22.2. The molecule has 2 heterocycles. The molecule has 0 amide bonds. The molecule has 33 heavy (non-hydrogen) atoms. The van der Waals surface area contributed by atoms with Gasteiger partial charge in [0.25, 0.3) is 0 Å². The first-order chi connectivity index (χ1) is 15.9. The van der Waals surface area contributed by atoms with Gasteiger partial charge >= 0.3 is 5.97 Å². The summed E-state index contributed by atoms with van der Waals surface area (Å²) in [5, 5.41) is 0. The minimum absolute atomic E-state index is 0.205. The van der Waals surface area contributed by atoms with Crippen molar-refractivity contribution in [2.75, 3.05) is 12.0 Å². The van der Waals surface area contributed by atoms with E-state index in [4.69, 9.17) is 4.74 Å². The number of pyridine rings is 1. The van der Waals surface area contributed by atoms with Gasteiger partial charge in [0.1, 0.15) is 11.5 Å². The zero-order valence-electron chi connectivity index (χ0n) is 19.4. The van der Waals surface area contributed by atoms with Crippen LogP contribution in [-0.4, -0.2) is 23.8 Å². The first-order valence-electron chi connectivity index (χ1n) is 10.8. The Hall–Kier alpha value is -3.99. The monoisotopic (exact) mass is 437 g/mol. The van der Waals surface area contributed by atoms with Crippen molar-refractivity contribution in [2.24, 2.45) is 4.99 Å². The normalized spacial score (nSPS) is 14.8. The number of carbonyl (C=O) groups is 1. The number of fused-ring (bicyclic) bond motifs is 2. The highest BCUT2D eigenvalue weighted by Crippen LogP contribution is 2.51. The predicted molar refractivity (Wildman–Crippen MR) is 134 cm³/mol. The molecule has 0 unspecified atom stereocenters. The van der Waals surface area contributed by atoms with Crippen LogP contribution in [0.25, 0.3) is 5.70 Å². The van der Waals surface area contributed by atoms with Crippen LogP contribution in [0.15, 0.2) is 90.6 Å². The van der Waals surface area contributed by atoms with Crippen molar-refractivity contribution in [2.45, 2.75) is 26.2 Å². The maximum Gasteiger partial charge on any atom is 0.352 e. The van der Waals surface area contributed by atoms with Gasteiger partial charge in [-0.25, -0.2) is 14.8 Å². The summed E-state index contributed by atoms with van der Waals surface area (Å²) in [4.78, 5) is 23.3. The number of aliphatic imine (C=N–C) groups is 1. The van der Waals surface area contributed by atoms with Crippen LogP contribution in [0.3, 0.4) is 0 Å². The maximum atomic E-state index is 12.0. The van der Waals surface area contributed by atoms with Gasteiger partial charge in [-0.2, -0.15) is 0 Å². The number of methoxy groups -OCH3 is 1. The largest absolute Gasteiger partial charge is 0.465 e. The molecule has 0 fully saturated rings. The highest BCUT2D eigenvalue weighted by molar-refractivity contribution is 6.36. The molecule has 4 rings (SSSR count). The van der Waals surface area contributed by atoms with Gasteiger partial charge in [-0.15, -0.1) is 0 Å². The molecule has 0 atom stereocenters. The molecule has 166 valence electrons. The molecule has 5 heteroatoms. The fourth-order valence-electron chi connectivity index (χ4n) is 4.29. The lowest BCUT2D eigenvalue weighted by molar-refractivity contribution is -0.132. The Balaban J connectivity index is 1.95. The highest BCUT2D eigenvalue weighted by Gasteiger charge is 2.37. The number of rotatable bonds is 5. The van der Waals surface area contributed by atoms with Crippen LogP contribution in [0.2, 0.25) is 0 Å². The number of carbonyl (C=O) groups excluding carboxylic acids is 1. The number of hydrogen-bond acceptors (Lipinski definition) is 5. The summed E-state index contributed by atoms with van der Waals surface area (Å²) in [6, 6.07) is 20.6. The molecule has 2 aromatic carbocycles. The number of ether oxygens (including phenoxy) is 1. The zero-order chi connectivity index (χ0) is 23.6. The minimum atomic E-state index is -0.465. The number of esters is 1. The lowest BCUT2D eigenvalue weighted by atomic mass is 9.73. The van der Waals surface area contributed by atoms with E-state index in [9.17, 15) is 4.79 Å². The minimum Gasteiger partial charge on any atom is -0.465 e. The molecule has 0 saturated carbocycles. The molecule has 1 aliphatic rings. The molecule has 3 aromatic rings. The van der Waals surface area contributed by atoms with Gasteiger partial charge in [0.15, 0.2) is 0 Å². The van der Waals surface area contributed by atoms with Gasteiger partial charge in [0, 0.05) is 17.2 Å². The first-order valence-corrected chi connectivity index (χ1v) is 10.8. The van der Waals surface area contributed by atoms with Gasteiger partial charge < -0.3 is 4.74 Å². The van der Waals surface area contributed by atoms with Gasteiger partial charge in [0.05, 0.1) is 24.2 Å². The second-order valence-electron chi connectivity index (χ2n) is 8.37. The fraction of sp³-hybridized carbons (Fsp3) is 0.179. The van der Waals surface area contributed by atoms with E-state index in [-0.39, 0.29) is 11.1 Å². The zero-order valence-corrected chi connectivity index (χ0v) is 19.4. The van der Waals surface area contributed by atoms with E-state index in [1.807, 2.05) is 30.3 Å². The van der Waals surface area contributed by atoms with Gasteiger partial charge in [0.2, 0.25) is 0 Å². The molecule has 0 aliphatic carbocycles.